The standard InChI is InChI=1S/2C27H27.C4H11Si.2ClH.Zr/c2*1-2-4-10-20(9-3-1)17-21-18-23-13-8-16-26(27(23)19-21)25-15-7-12-22-11-5-6-14-24(22)25;1-3-4-5-2;;;/h2*5-8,11-16,18-20H,1-4,9-10,17H2;5H,3-4H2,1-2H3;2*1H;/q;;;;;+2/p-2. The zero-order chi connectivity index (χ0) is 42.3. The van der Waals surface area contributed by atoms with Gasteiger partial charge < -0.3 is 0 Å². The van der Waals surface area contributed by atoms with E-state index in [4.69, 9.17) is 0 Å². The van der Waals surface area contributed by atoms with Crippen LogP contribution in [0.2, 0.25) is 12.6 Å². The van der Waals surface area contributed by atoms with Crippen molar-refractivity contribution < 1.29 is 15.6 Å². The van der Waals surface area contributed by atoms with E-state index >= 15 is 0 Å². The Morgan fingerprint density at radius 2 is 0.871 bits per heavy atom. The van der Waals surface area contributed by atoms with Crippen LogP contribution < -0.4 is 0 Å². The quantitative estimate of drug-likeness (QED) is 0.0897. The fourth-order valence-corrected chi connectivity index (χ4v) is 54.4. The summed E-state index contributed by atoms with van der Waals surface area (Å²) in [5, 5.41) is 5.22. The van der Waals surface area contributed by atoms with Crippen molar-refractivity contribution in [1.29, 1.82) is 0 Å². The molecule has 0 heterocycles. The minimum absolute atomic E-state index is 0.107. The van der Waals surface area contributed by atoms with Gasteiger partial charge >= 0.3 is 384 Å². The molecule has 0 saturated heterocycles. The Bertz CT molecular complexity index is 2470. The molecule has 0 amide bonds. The van der Waals surface area contributed by atoms with E-state index in [9.17, 15) is 17.0 Å². The summed E-state index contributed by atoms with van der Waals surface area (Å²) in [4.78, 5) is 0. The van der Waals surface area contributed by atoms with Crippen molar-refractivity contribution in [3.63, 3.8) is 0 Å². The monoisotopic (exact) mass is 949 g/mol. The molecule has 0 N–H and O–H groups in total. The number of hydrogen-bond acceptors (Lipinski definition) is 0. The van der Waals surface area contributed by atoms with Gasteiger partial charge in [-0.15, -0.1) is 0 Å². The Balaban J connectivity index is 1.21. The van der Waals surface area contributed by atoms with Crippen LogP contribution in [-0.2, 0) is 15.6 Å². The van der Waals surface area contributed by atoms with E-state index < -0.39 is 21.5 Å². The molecule has 6 aromatic carbocycles. The molecule has 4 aliphatic carbocycles. The van der Waals surface area contributed by atoms with E-state index in [-0.39, 0.29) is 7.25 Å². The molecule has 0 bridgehead atoms. The predicted octanol–water partition coefficient (Wildman–Crippen LogP) is 18.4. The van der Waals surface area contributed by atoms with Gasteiger partial charge in [0.25, 0.3) is 0 Å². The third kappa shape index (κ3) is 7.74. The summed E-state index contributed by atoms with van der Waals surface area (Å²) in [5.74, 6) is -0.405. The van der Waals surface area contributed by atoms with Crippen molar-refractivity contribution in [3.8, 4) is 22.3 Å². The summed E-state index contributed by atoms with van der Waals surface area (Å²) in [6, 6.07) is 47.2. The topological polar surface area (TPSA) is 0 Å². The van der Waals surface area contributed by atoms with Gasteiger partial charge in [-0.25, -0.2) is 0 Å². The Labute approximate surface area is 381 Å². The molecule has 2 fully saturated rings. The summed E-state index contributed by atoms with van der Waals surface area (Å²) in [6.07, 6.45) is 24.9. The zero-order valence-electron chi connectivity index (χ0n) is 37.2. The van der Waals surface area contributed by atoms with Crippen LogP contribution in [0.4, 0.5) is 0 Å². The second-order valence-electron chi connectivity index (χ2n) is 20.0. The number of allylic oxidation sites excluding steroid dienone is 2. The predicted molar refractivity (Wildman–Crippen MR) is 272 cm³/mol. The van der Waals surface area contributed by atoms with Gasteiger partial charge in [-0.3, -0.25) is 0 Å². The van der Waals surface area contributed by atoms with Crippen molar-refractivity contribution >= 4 is 56.6 Å². The second kappa shape index (κ2) is 18.1. The van der Waals surface area contributed by atoms with Crippen molar-refractivity contribution in [2.75, 3.05) is 0 Å². The summed E-state index contributed by atoms with van der Waals surface area (Å²) >= 11 is -5.18. The third-order valence-corrected chi connectivity index (χ3v) is 66.7. The van der Waals surface area contributed by atoms with Crippen molar-refractivity contribution in [3.05, 3.63) is 155 Å². The number of hydrogen-bond donors (Lipinski definition) is 0. The van der Waals surface area contributed by atoms with Crippen LogP contribution in [0.15, 0.2) is 132 Å². The van der Waals surface area contributed by atoms with Gasteiger partial charge in [-0.2, -0.15) is 0 Å². The van der Waals surface area contributed by atoms with Gasteiger partial charge in [0.1, 0.15) is 0 Å². The number of rotatable bonds is 11. The molecule has 2 saturated carbocycles. The van der Waals surface area contributed by atoms with Crippen LogP contribution in [-0.4, -0.2) is 5.92 Å². The Kier molecular flexibility index (Phi) is 12.5. The maximum atomic E-state index is 9.42. The van der Waals surface area contributed by atoms with Gasteiger partial charge in [0, 0.05) is 0 Å². The maximum absolute atomic E-state index is 9.42. The molecule has 0 aliphatic heterocycles. The molecule has 62 heavy (non-hydrogen) atoms. The molecule has 3 unspecified atom stereocenters. The molecule has 0 nitrogen and oxygen atoms in total. The zero-order valence-corrected chi connectivity index (χ0v) is 42.3. The summed E-state index contributed by atoms with van der Waals surface area (Å²) in [5.41, 5.74) is 14.2. The molecule has 3 atom stereocenters. The molecule has 319 valence electrons. The first kappa shape index (κ1) is 42.9. The van der Waals surface area contributed by atoms with Gasteiger partial charge in [-0.1, -0.05) is 0 Å². The van der Waals surface area contributed by atoms with Crippen molar-refractivity contribution in [2.24, 2.45) is 11.8 Å². The van der Waals surface area contributed by atoms with E-state index in [0.717, 1.165) is 19.3 Å². The fourth-order valence-electron chi connectivity index (χ4n) is 13.2. The average molecular weight is 952 g/mol. The van der Waals surface area contributed by atoms with E-state index in [1.807, 2.05) is 0 Å². The van der Waals surface area contributed by atoms with Crippen LogP contribution in [0.1, 0.15) is 133 Å². The van der Waals surface area contributed by atoms with Crippen LogP contribution in [0.5, 0.6) is 0 Å². The number of benzene rings is 6. The van der Waals surface area contributed by atoms with Gasteiger partial charge in [-0.05, 0) is 0 Å². The van der Waals surface area contributed by atoms with Crippen LogP contribution in [0, 0.1) is 11.8 Å². The number of halogens is 2. The summed E-state index contributed by atoms with van der Waals surface area (Å²) in [7, 11) is 18.8. The molecule has 0 spiro atoms. The third-order valence-electron chi connectivity index (χ3n) is 16.2. The molecular formula is C58H65Cl2SiZr. The van der Waals surface area contributed by atoms with Crippen molar-refractivity contribution in [1.82, 2.24) is 0 Å². The SMILES string of the molecule is CCC[SiH](C)[Zr]([Cl])([Cl])([CH]1C(CC2CCCCCC2)=Cc2c(-c3cccc4ccccc34)cccc21)[CH]1C(CC2CCCCCC2)=Cc2c(-c3cccc4ccccc34)cccc21. The molecule has 4 aliphatic rings. The van der Waals surface area contributed by atoms with Crippen LogP contribution in [0.3, 0.4) is 0 Å². The first-order valence-electron chi connectivity index (χ1n) is 24.5. The average Bonchev–Trinajstić information content (AvgIpc) is 3.60. The van der Waals surface area contributed by atoms with E-state index in [0.29, 0.717) is 11.8 Å². The molecule has 0 aromatic heterocycles. The Morgan fingerprint density at radius 1 is 0.484 bits per heavy atom. The minimum atomic E-state index is -5.18. The fraction of sp³-hybridized carbons (Fsp3) is 0.379. The van der Waals surface area contributed by atoms with Crippen LogP contribution in [0.25, 0.3) is 56.0 Å². The number of fused-ring (bicyclic) bond motifs is 4. The molecular weight excluding hydrogens is 887 g/mol. The van der Waals surface area contributed by atoms with Gasteiger partial charge in [0.15, 0.2) is 0 Å². The first-order valence-corrected chi connectivity index (χ1v) is 40.5. The molecule has 6 aromatic rings. The summed E-state index contributed by atoms with van der Waals surface area (Å²) in [6.45, 7) is 5.03. The second-order valence-corrected chi connectivity index (χ2v) is 61.3. The van der Waals surface area contributed by atoms with E-state index in [1.54, 1.807) is 11.1 Å². The Hall–Kier alpha value is -3.00. The normalized spacial score (nSPS) is 21.1. The van der Waals surface area contributed by atoms with Crippen LogP contribution >= 0.6 is 17.0 Å². The van der Waals surface area contributed by atoms with Gasteiger partial charge in [0.05, 0.1) is 0 Å². The summed E-state index contributed by atoms with van der Waals surface area (Å²) < 4.78 is 0.215. The van der Waals surface area contributed by atoms with Gasteiger partial charge in [0.2, 0.25) is 0 Å². The first-order chi connectivity index (χ1) is 30.3. The molecule has 10 rings (SSSR count). The van der Waals surface area contributed by atoms with Crippen molar-refractivity contribution in [2.45, 2.75) is 123 Å². The van der Waals surface area contributed by atoms with E-state index in [1.165, 1.54) is 149 Å². The van der Waals surface area contributed by atoms with E-state index in [2.05, 4.69) is 147 Å². The molecule has 4 heteroatoms. The Morgan fingerprint density at radius 3 is 1.31 bits per heavy atom. The molecule has 0 radical (unpaired) electrons.